The summed E-state index contributed by atoms with van der Waals surface area (Å²) in [5, 5.41) is 6.09. The molecule has 3 aromatic rings. The van der Waals surface area contributed by atoms with Crippen LogP contribution in [-0.2, 0) is 0 Å². The lowest BCUT2D eigenvalue weighted by Gasteiger charge is -2.21. The van der Waals surface area contributed by atoms with Gasteiger partial charge in [-0.05, 0) is 44.8 Å². The minimum atomic E-state index is 0. The summed E-state index contributed by atoms with van der Waals surface area (Å²) in [6.07, 6.45) is 4.87. The maximum absolute atomic E-state index is 5.45. The molecule has 1 atom stereocenters. The Bertz CT molecular complexity index is 924. The van der Waals surface area contributed by atoms with Crippen molar-refractivity contribution in [2.24, 2.45) is 0 Å². The molecule has 4 rings (SSSR count). The molecule has 0 saturated carbocycles. The van der Waals surface area contributed by atoms with Crippen molar-refractivity contribution < 1.29 is 4.74 Å². The largest absolute Gasteiger partial charge is 0.493 e. The van der Waals surface area contributed by atoms with Gasteiger partial charge in [-0.25, -0.2) is 15.0 Å². The number of hydrogen-bond acceptors (Lipinski definition) is 8. The highest BCUT2D eigenvalue weighted by atomic mass is 35.5. The number of methoxy groups -OCH3 is 1. The molecule has 1 N–H and O–H groups in total. The van der Waals surface area contributed by atoms with Gasteiger partial charge in [-0.15, -0.1) is 36.2 Å². The van der Waals surface area contributed by atoms with Crippen LogP contribution in [0.5, 0.6) is 5.75 Å². The first-order chi connectivity index (χ1) is 13.6. The molecule has 1 aliphatic heterocycles. The summed E-state index contributed by atoms with van der Waals surface area (Å²) in [6, 6.07) is 8.49. The highest BCUT2D eigenvalue weighted by molar-refractivity contribution is 7.13. The van der Waals surface area contributed by atoms with Gasteiger partial charge in [-0.3, -0.25) is 0 Å². The van der Waals surface area contributed by atoms with Crippen LogP contribution in [0.3, 0.4) is 0 Å². The van der Waals surface area contributed by atoms with E-state index in [1.54, 1.807) is 24.6 Å². The second kappa shape index (κ2) is 10.8. The Morgan fingerprint density at radius 1 is 1.17 bits per heavy atom. The molecule has 162 valence electrons. The standard InChI is InChI=1S/C20H24N6OS.2ClH/c1-25(2)15-8-10-26(13-15)14-4-7-18(22-12-14)24-19-17(27-3)6-5-16(23-19)20-21-9-11-28-20;;/h4-7,9,11-12,15H,8,10,13H2,1-3H3,(H,22,23,24);2*1H. The molecule has 1 unspecified atom stereocenters. The maximum atomic E-state index is 5.45. The predicted octanol–water partition coefficient (Wildman–Crippen LogP) is 4.34. The zero-order valence-corrected chi connectivity index (χ0v) is 19.6. The molecule has 10 heteroatoms. The third kappa shape index (κ3) is 5.31. The normalized spacial score (nSPS) is 15.5. The van der Waals surface area contributed by atoms with Crippen molar-refractivity contribution in [2.45, 2.75) is 12.5 Å². The lowest BCUT2D eigenvalue weighted by molar-refractivity contribution is 0.315. The average Bonchev–Trinajstić information content (AvgIpc) is 3.41. The van der Waals surface area contributed by atoms with Crippen molar-refractivity contribution in [1.29, 1.82) is 0 Å². The zero-order chi connectivity index (χ0) is 19.5. The molecule has 4 heterocycles. The molecule has 1 saturated heterocycles. The van der Waals surface area contributed by atoms with Gasteiger partial charge in [-0.2, -0.15) is 0 Å². The zero-order valence-electron chi connectivity index (χ0n) is 17.1. The monoisotopic (exact) mass is 468 g/mol. The third-order valence-corrected chi connectivity index (χ3v) is 5.78. The van der Waals surface area contributed by atoms with Gasteiger partial charge in [-0.1, -0.05) is 0 Å². The highest BCUT2D eigenvalue weighted by Crippen LogP contribution is 2.30. The van der Waals surface area contributed by atoms with E-state index >= 15 is 0 Å². The molecule has 7 nitrogen and oxygen atoms in total. The number of aromatic nitrogens is 3. The Balaban J connectivity index is 0.00000160. The average molecular weight is 469 g/mol. The predicted molar refractivity (Wildman–Crippen MR) is 128 cm³/mol. The van der Waals surface area contributed by atoms with E-state index in [0.29, 0.717) is 17.6 Å². The van der Waals surface area contributed by atoms with Crippen molar-refractivity contribution in [3.8, 4) is 16.5 Å². The molecule has 0 aromatic carbocycles. The van der Waals surface area contributed by atoms with Crippen LogP contribution in [0, 0.1) is 0 Å². The van der Waals surface area contributed by atoms with Gasteiger partial charge in [0, 0.05) is 30.7 Å². The van der Waals surface area contributed by atoms with Crippen LogP contribution >= 0.6 is 36.2 Å². The molecule has 0 radical (unpaired) electrons. The SMILES string of the molecule is COc1ccc(-c2nccs2)nc1Nc1ccc(N2CCC(N(C)C)C2)cn1.Cl.Cl. The topological polar surface area (TPSA) is 66.4 Å². The second-order valence-electron chi connectivity index (χ2n) is 6.96. The van der Waals surface area contributed by atoms with Crippen molar-refractivity contribution in [2.75, 3.05) is 44.5 Å². The fourth-order valence-electron chi connectivity index (χ4n) is 3.34. The summed E-state index contributed by atoms with van der Waals surface area (Å²) in [7, 11) is 5.91. The molecule has 0 spiro atoms. The Labute approximate surface area is 193 Å². The number of likely N-dealkylation sites (N-methyl/N-ethyl adjacent to an activating group) is 1. The first-order valence-electron chi connectivity index (χ1n) is 9.23. The molecule has 1 fully saturated rings. The van der Waals surface area contributed by atoms with Crippen LogP contribution in [0.15, 0.2) is 42.0 Å². The van der Waals surface area contributed by atoms with Gasteiger partial charge in [0.1, 0.15) is 16.5 Å². The van der Waals surface area contributed by atoms with Crippen molar-refractivity contribution in [3.05, 3.63) is 42.0 Å². The molecule has 30 heavy (non-hydrogen) atoms. The summed E-state index contributed by atoms with van der Waals surface area (Å²) in [5.74, 6) is 2.03. The fourth-order valence-corrected chi connectivity index (χ4v) is 3.94. The van der Waals surface area contributed by atoms with Gasteiger partial charge >= 0.3 is 0 Å². The van der Waals surface area contributed by atoms with Crippen molar-refractivity contribution in [1.82, 2.24) is 19.9 Å². The number of halogens is 2. The van der Waals surface area contributed by atoms with E-state index in [9.17, 15) is 0 Å². The molecule has 3 aromatic heterocycles. The molecule has 0 amide bonds. The summed E-state index contributed by atoms with van der Waals surface area (Å²) in [4.78, 5) is 18.2. The molecule has 0 bridgehead atoms. The smallest absolute Gasteiger partial charge is 0.175 e. The number of pyridine rings is 2. The van der Waals surface area contributed by atoms with Gasteiger partial charge in [0.05, 0.1) is 19.0 Å². The summed E-state index contributed by atoms with van der Waals surface area (Å²) in [6.45, 7) is 2.09. The van der Waals surface area contributed by atoms with Gasteiger partial charge < -0.3 is 19.9 Å². The number of ether oxygens (including phenoxy) is 1. The fraction of sp³-hybridized carbons (Fsp3) is 0.350. The third-order valence-electron chi connectivity index (χ3n) is 4.98. The first kappa shape index (κ1) is 24.1. The van der Waals surface area contributed by atoms with Crippen molar-refractivity contribution >= 4 is 53.5 Å². The van der Waals surface area contributed by atoms with Gasteiger partial charge in [0.2, 0.25) is 0 Å². The van der Waals surface area contributed by atoms with E-state index in [0.717, 1.165) is 35.3 Å². The minimum absolute atomic E-state index is 0. The Kier molecular flexibility index (Phi) is 8.66. The van der Waals surface area contributed by atoms with E-state index < -0.39 is 0 Å². The first-order valence-corrected chi connectivity index (χ1v) is 10.1. The number of nitrogens with zero attached hydrogens (tertiary/aromatic N) is 5. The van der Waals surface area contributed by atoms with E-state index in [-0.39, 0.29) is 24.8 Å². The molecular weight excluding hydrogens is 443 g/mol. The van der Waals surface area contributed by atoms with E-state index in [1.807, 2.05) is 29.8 Å². The lowest BCUT2D eigenvalue weighted by Crippen LogP contribution is -2.31. The van der Waals surface area contributed by atoms with Gasteiger partial charge in [0.15, 0.2) is 11.6 Å². The number of thiazole rings is 1. The number of nitrogens with one attached hydrogen (secondary N) is 1. The minimum Gasteiger partial charge on any atom is -0.493 e. The summed E-state index contributed by atoms with van der Waals surface area (Å²) in [5.41, 5.74) is 1.95. The molecular formula is C20H26Cl2N6OS. The van der Waals surface area contributed by atoms with Crippen LogP contribution < -0.4 is 15.0 Å². The Hall–Kier alpha value is -2.13. The van der Waals surface area contributed by atoms with E-state index in [2.05, 4.69) is 50.2 Å². The van der Waals surface area contributed by atoms with Crippen LogP contribution in [0.2, 0.25) is 0 Å². The number of anilines is 3. The van der Waals surface area contributed by atoms with Crippen LogP contribution in [0.4, 0.5) is 17.3 Å². The van der Waals surface area contributed by atoms with E-state index in [4.69, 9.17) is 4.74 Å². The summed E-state index contributed by atoms with van der Waals surface area (Å²) < 4.78 is 5.45. The van der Waals surface area contributed by atoms with Crippen LogP contribution in [0.1, 0.15) is 6.42 Å². The lowest BCUT2D eigenvalue weighted by atomic mass is 10.2. The Morgan fingerprint density at radius 3 is 2.60 bits per heavy atom. The maximum Gasteiger partial charge on any atom is 0.175 e. The van der Waals surface area contributed by atoms with Crippen molar-refractivity contribution in [3.63, 3.8) is 0 Å². The van der Waals surface area contributed by atoms with E-state index in [1.165, 1.54) is 6.42 Å². The number of hydrogen-bond donors (Lipinski definition) is 1. The summed E-state index contributed by atoms with van der Waals surface area (Å²) >= 11 is 1.56. The highest BCUT2D eigenvalue weighted by Gasteiger charge is 2.24. The Morgan fingerprint density at radius 2 is 2.00 bits per heavy atom. The second-order valence-corrected chi connectivity index (χ2v) is 7.86. The number of rotatable bonds is 6. The molecule has 1 aliphatic rings. The quantitative estimate of drug-likeness (QED) is 0.576. The molecule has 0 aliphatic carbocycles. The van der Waals surface area contributed by atoms with Crippen LogP contribution in [-0.4, -0.2) is 60.2 Å². The van der Waals surface area contributed by atoms with Crippen LogP contribution in [0.25, 0.3) is 10.7 Å². The van der Waals surface area contributed by atoms with Gasteiger partial charge in [0.25, 0.3) is 0 Å².